The lowest BCUT2D eigenvalue weighted by atomic mass is 10.3. The van der Waals surface area contributed by atoms with Gasteiger partial charge in [-0.05, 0) is 31.7 Å². The van der Waals surface area contributed by atoms with Crippen molar-refractivity contribution >= 4 is 23.4 Å². The molecule has 1 unspecified atom stereocenters. The molecule has 1 amide bonds. The van der Waals surface area contributed by atoms with Crippen molar-refractivity contribution in [1.29, 1.82) is 0 Å². The van der Waals surface area contributed by atoms with Crippen molar-refractivity contribution in [3.8, 4) is 0 Å². The van der Waals surface area contributed by atoms with E-state index in [1.54, 1.807) is 18.3 Å². The number of alkyl carbamates (subject to hydrolysis) is 1. The Balaban J connectivity index is 2.19. The van der Waals surface area contributed by atoms with Gasteiger partial charge in [-0.2, -0.15) is 0 Å². The number of hydrogen-bond acceptors (Lipinski definition) is 5. The van der Waals surface area contributed by atoms with E-state index in [0.717, 1.165) is 6.42 Å². The molecule has 0 aliphatic carbocycles. The second-order valence-corrected chi connectivity index (χ2v) is 4.59. The second kappa shape index (κ2) is 7.71. The molecule has 18 heavy (non-hydrogen) atoms. The molecular formula is C12H17NO4S. The quantitative estimate of drug-likeness (QED) is 0.803. The van der Waals surface area contributed by atoms with Crippen molar-refractivity contribution < 1.29 is 19.1 Å². The van der Waals surface area contributed by atoms with Gasteiger partial charge < -0.3 is 14.8 Å². The fraction of sp³-hybridized carbons (Fsp3) is 0.500. The second-order valence-electron chi connectivity index (χ2n) is 3.56. The van der Waals surface area contributed by atoms with Gasteiger partial charge >= 0.3 is 12.1 Å². The zero-order chi connectivity index (χ0) is 13.4. The van der Waals surface area contributed by atoms with E-state index in [-0.39, 0.29) is 6.61 Å². The molecule has 1 atom stereocenters. The van der Waals surface area contributed by atoms with Crippen molar-refractivity contribution in [3.05, 3.63) is 22.4 Å². The minimum atomic E-state index is -0.883. The molecule has 0 aliphatic rings. The van der Waals surface area contributed by atoms with Crippen molar-refractivity contribution in [2.75, 3.05) is 13.2 Å². The van der Waals surface area contributed by atoms with E-state index in [1.165, 1.54) is 11.8 Å². The third-order valence-electron chi connectivity index (χ3n) is 2.12. The number of ether oxygens (including phenoxy) is 2. The predicted molar refractivity (Wildman–Crippen MR) is 68.6 cm³/mol. The zero-order valence-corrected chi connectivity index (χ0v) is 11.3. The Hall–Kier alpha value is -1.56. The van der Waals surface area contributed by atoms with Gasteiger partial charge in [-0.15, -0.1) is 11.3 Å². The van der Waals surface area contributed by atoms with Crippen LogP contribution in [0.3, 0.4) is 0 Å². The van der Waals surface area contributed by atoms with Crippen molar-refractivity contribution in [2.45, 2.75) is 26.4 Å². The molecule has 1 aromatic rings. The molecule has 0 aliphatic heterocycles. The van der Waals surface area contributed by atoms with Gasteiger partial charge in [0.2, 0.25) is 0 Å². The number of amides is 1. The number of hydrogen-bond donors (Lipinski definition) is 1. The number of thiophene rings is 1. The van der Waals surface area contributed by atoms with Gasteiger partial charge in [0.1, 0.15) is 0 Å². The lowest BCUT2D eigenvalue weighted by molar-refractivity contribution is -0.152. The maximum Gasteiger partial charge on any atom is 0.407 e. The molecule has 0 fully saturated rings. The average molecular weight is 271 g/mol. The van der Waals surface area contributed by atoms with Crippen molar-refractivity contribution in [2.24, 2.45) is 0 Å². The van der Waals surface area contributed by atoms with Crippen LogP contribution in [0.4, 0.5) is 4.79 Å². The molecule has 0 saturated heterocycles. The first-order valence-electron chi connectivity index (χ1n) is 5.77. The SMILES string of the molecule is CCOC(=O)C(C)OC(=O)NCCc1cccs1. The first-order valence-corrected chi connectivity index (χ1v) is 6.65. The number of nitrogens with one attached hydrogen (secondary N) is 1. The molecule has 1 heterocycles. The van der Waals surface area contributed by atoms with Crippen LogP contribution in [0.5, 0.6) is 0 Å². The minimum Gasteiger partial charge on any atom is -0.463 e. The molecule has 0 spiro atoms. The van der Waals surface area contributed by atoms with Crippen LogP contribution in [0.25, 0.3) is 0 Å². The number of rotatable bonds is 6. The van der Waals surface area contributed by atoms with E-state index >= 15 is 0 Å². The Morgan fingerprint density at radius 1 is 1.50 bits per heavy atom. The van der Waals surface area contributed by atoms with Crippen LogP contribution in [0.1, 0.15) is 18.7 Å². The van der Waals surface area contributed by atoms with E-state index in [2.05, 4.69) is 5.32 Å². The molecule has 1 aromatic heterocycles. The molecule has 6 heteroatoms. The molecular weight excluding hydrogens is 254 g/mol. The fourth-order valence-corrected chi connectivity index (χ4v) is 1.96. The number of carbonyl (C=O) groups is 2. The molecule has 1 N–H and O–H groups in total. The highest BCUT2D eigenvalue weighted by Crippen LogP contribution is 2.08. The van der Waals surface area contributed by atoms with Gasteiger partial charge in [-0.1, -0.05) is 6.07 Å². The zero-order valence-electron chi connectivity index (χ0n) is 10.5. The van der Waals surface area contributed by atoms with Crippen LogP contribution >= 0.6 is 11.3 Å². The fourth-order valence-electron chi connectivity index (χ4n) is 1.25. The predicted octanol–water partition coefficient (Wildman–Crippen LogP) is 1.97. The molecule has 0 bridgehead atoms. The molecule has 0 aromatic carbocycles. The molecule has 0 saturated carbocycles. The highest BCUT2D eigenvalue weighted by Gasteiger charge is 2.18. The van der Waals surface area contributed by atoms with Gasteiger partial charge in [-0.25, -0.2) is 9.59 Å². The lowest BCUT2D eigenvalue weighted by Gasteiger charge is -2.12. The Bertz CT molecular complexity index is 377. The topological polar surface area (TPSA) is 64.6 Å². The Kier molecular flexibility index (Phi) is 6.21. The van der Waals surface area contributed by atoms with Gasteiger partial charge in [-0.3, -0.25) is 0 Å². The normalized spacial score (nSPS) is 11.7. The summed E-state index contributed by atoms with van der Waals surface area (Å²) in [6.07, 6.45) is -0.737. The Morgan fingerprint density at radius 2 is 2.28 bits per heavy atom. The largest absolute Gasteiger partial charge is 0.463 e. The smallest absolute Gasteiger partial charge is 0.407 e. The van der Waals surface area contributed by atoms with Gasteiger partial charge in [0, 0.05) is 11.4 Å². The third kappa shape index (κ3) is 5.18. The number of esters is 1. The summed E-state index contributed by atoms with van der Waals surface area (Å²) in [4.78, 5) is 23.8. The van der Waals surface area contributed by atoms with Gasteiger partial charge in [0.05, 0.1) is 6.61 Å². The summed E-state index contributed by atoms with van der Waals surface area (Å²) in [6.45, 7) is 3.93. The van der Waals surface area contributed by atoms with Crippen LogP contribution in [0, 0.1) is 0 Å². The molecule has 100 valence electrons. The van der Waals surface area contributed by atoms with E-state index in [0.29, 0.717) is 6.54 Å². The van der Waals surface area contributed by atoms with E-state index in [4.69, 9.17) is 9.47 Å². The Labute approximate surface area is 110 Å². The summed E-state index contributed by atoms with van der Waals surface area (Å²) in [6, 6.07) is 3.96. The van der Waals surface area contributed by atoms with E-state index in [1.807, 2.05) is 17.5 Å². The highest BCUT2D eigenvalue weighted by molar-refractivity contribution is 7.09. The van der Waals surface area contributed by atoms with Crippen molar-refractivity contribution in [3.63, 3.8) is 0 Å². The van der Waals surface area contributed by atoms with Gasteiger partial charge in [0.15, 0.2) is 6.10 Å². The van der Waals surface area contributed by atoms with Crippen LogP contribution in [0.15, 0.2) is 17.5 Å². The first-order chi connectivity index (χ1) is 8.63. The Morgan fingerprint density at radius 3 is 2.89 bits per heavy atom. The van der Waals surface area contributed by atoms with Crippen LogP contribution < -0.4 is 5.32 Å². The highest BCUT2D eigenvalue weighted by atomic mass is 32.1. The van der Waals surface area contributed by atoms with Crippen LogP contribution in [-0.2, 0) is 20.7 Å². The van der Waals surface area contributed by atoms with Crippen LogP contribution in [-0.4, -0.2) is 31.3 Å². The minimum absolute atomic E-state index is 0.270. The third-order valence-corrected chi connectivity index (χ3v) is 3.06. The number of carbonyl (C=O) groups excluding carboxylic acids is 2. The monoisotopic (exact) mass is 271 g/mol. The lowest BCUT2D eigenvalue weighted by Crippen LogP contribution is -2.33. The summed E-state index contributed by atoms with van der Waals surface area (Å²) in [7, 11) is 0. The molecule has 5 nitrogen and oxygen atoms in total. The summed E-state index contributed by atoms with van der Waals surface area (Å²) >= 11 is 1.63. The summed E-state index contributed by atoms with van der Waals surface area (Å²) in [5.41, 5.74) is 0. The standard InChI is InChI=1S/C12H17NO4S/c1-3-16-11(14)9(2)17-12(15)13-7-6-10-5-4-8-18-10/h4-5,8-9H,3,6-7H2,1-2H3,(H,13,15). The summed E-state index contributed by atoms with van der Waals surface area (Å²) in [5, 5.41) is 4.57. The molecule has 1 rings (SSSR count). The summed E-state index contributed by atoms with van der Waals surface area (Å²) in [5.74, 6) is -0.536. The molecule has 0 radical (unpaired) electrons. The van der Waals surface area contributed by atoms with E-state index < -0.39 is 18.2 Å². The van der Waals surface area contributed by atoms with Crippen molar-refractivity contribution in [1.82, 2.24) is 5.32 Å². The van der Waals surface area contributed by atoms with Crippen LogP contribution in [0.2, 0.25) is 0 Å². The first kappa shape index (κ1) is 14.5. The summed E-state index contributed by atoms with van der Waals surface area (Å²) < 4.78 is 9.59. The van der Waals surface area contributed by atoms with E-state index in [9.17, 15) is 9.59 Å². The van der Waals surface area contributed by atoms with Gasteiger partial charge in [0.25, 0.3) is 0 Å². The maximum atomic E-state index is 11.4. The maximum absolute atomic E-state index is 11.4. The average Bonchev–Trinajstić information content (AvgIpc) is 2.82.